The fourth-order valence-electron chi connectivity index (χ4n) is 1.53. The summed E-state index contributed by atoms with van der Waals surface area (Å²) in [5.41, 5.74) is 6.86. The topological polar surface area (TPSA) is 38.9 Å². The molecule has 0 radical (unpaired) electrons. The van der Waals surface area contributed by atoms with Crippen molar-refractivity contribution in [3.63, 3.8) is 0 Å². The van der Waals surface area contributed by atoms with E-state index in [1.165, 1.54) is 17.1 Å². The number of aromatic nitrogens is 1. The van der Waals surface area contributed by atoms with Crippen molar-refractivity contribution in [2.24, 2.45) is 11.7 Å². The highest BCUT2D eigenvalue weighted by molar-refractivity contribution is 7.09. The van der Waals surface area contributed by atoms with Gasteiger partial charge in [-0.05, 0) is 25.3 Å². The van der Waals surface area contributed by atoms with E-state index in [2.05, 4.69) is 17.3 Å². The number of hydrogen-bond acceptors (Lipinski definition) is 3. The Morgan fingerprint density at radius 2 is 2.58 bits per heavy atom. The molecule has 0 bridgehead atoms. The maximum Gasteiger partial charge on any atom is 0.0925 e. The Morgan fingerprint density at radius 3 is 3.08 bits per heavy atom. The fourth-order valence-corrected chi connectivity index (χ4v) is 2.34. The van der Waals surface area contributed by atoms with E-state index < -0.39 is 0 Å². The van der Waals surface area contributed by atoms with Crippen molar-refractivity contribution < 1.29 is 0 Å². The number of thiazole rings is 1. The van der Waals surface area contributed by atoms with Crippen molar-refractivity contribution in [1.82, 2.24) is 4.98 Å². The predicted octanol–water partition coefficient (Wildman–Crippen LogP) is 1.77. The smallest absolute Gasteiger partial charge is 0.0925 e. The van der Waals surface area contributed by atoms with Gasteiger partial charge in [0.15, 0.2) is 0 Å². The normalized spacial score (nSPS) is 27.5. The van der Waals surface area contributed by atoms with E-state index in [1.807, 2.05) is 0 Å². The molecule has 1 aromatic heterocycles. The number of hydrogen-bond donors (Lipinski definition) is 1. The number of rotatable bonds is 3. The molecule has 0 aliphatic heterocycles. The Labute approximate surface area is 76.8 Å². The van der Waals surface area contributed by atoms with E-state index in [1.54, 1.807) is 11.3 Å². The second-order valence-electron chi connectivity index (χ2n) is 3.36. The Bertz CT molecular complexity index is 269. The van der Waals surface area contributed by atoms with Crippen molar-refractivity contribution in [2.75, 3.05) is 6.54 Å². The van der Waals surface area contributed by atoms with Crippen LogP contribution in [0.15, 0.2) is 5.38 Å². The zero-order chi connectivity index (χ0) is 8.55. The summed E-state index contributed by atoms with van der Waals surface area (Å²) in [6.07, 6.45) is 2.31. The molecule has 2 N–H and O–H groups in total. The van der Waals surface area contributed by atoms with Crippen molar-refractivity contribution in [1.29, 1.82) is 0 Å². The van der Waals surface area contributed by atoms with Crippen LogP contribution < -0.4 is 5.73 Å². The molecule has 0 aromatic carbocycles. The lowest BCUT2D eigenvalue weighted by Gasteiger charge is -1.90. The highest BCUT2D eigenvalue weighted by atomic mass is 32.1. The van der Waals surface area contributed by atoms with Crippen LogP contribution in [0, 0.1) is 5.92 Å². The summed E-state index contributed by atoms with van der Waals surface area (Å²) in [7, 11) is 0. The van der Waals surface area contributed by atoms with Gasteiger partial charge in [0.05, 0.1) is 10.7 Å². The third-order valence-electron chi connectivity index (χ3n) is 2.48. The van der Waals surface area contributed by atoms with Crippen LogP contribution in [0.25, 0.3) is 0 Å². The summed E-state index contributed by atoms with van der Waals surface area (Å²) in [4.78, 5) is 4.55. The molecule has 2 unspecified atom stereocenters. The van der Waals surface area contributed by atoms with Gasteiger partial charge in [0.25, 0.3) is 0 Å². The molecule has 2 nitrogen and oxygen atoms in total. The van der Waals surface area contributed by atoms with Gasteiger partial charge in [0, 0.05) is 11.3 Å². The summed E-state index contributed by atoms with van der Waals surface area (Å²) >= 11 is 1.78. The molecular formula is C9H14N2S. The molecule has 1 heterocycles. The molecule has 1 aliphatic rings. The highest BCUT2D eigenvalue weighted by Crippen LogP contribution is 2.46. The van der Waals surface area contributed by atoms with Gasteiger partial charge < -0.3 is 5.73 Å². The van der Waals surface area contributed by atoms with E-state index in [0.717, 1.165) is 18.9 Å². The first-order valence-electron chi connectivity index (χ1n) is 4.49. The van der Waals surface area contributed by atoms with Gasteiger partial charge in [-0.2, -0.15) is 0 Å². The molecule has 1 aromatic rings. The average Bonchev–Trinajstić information content (AvgIpc) is 2.75. The van der Waals surface area contributed by atoms with Gasteiger partial charge in [0.1, 0.15) is 0 Å². The quantitative estimate of drug-likeness (QED) is 0.773. The second kappa shape index (κ2) is 3.15. The monoisotopic (exact) mass is 182 g/mol. The summed E-state index contributed by atoms with van der Waals surface area (Å²) in [5.74, 6) is 1.41. The molecule has 0 saturated heterocycles. The van der Waals surface area contributed by atoms with E-state index in [-0.39, 0.29) is 0 Å². The van der Waals surface area contributed by atoms with Gasteiger partial charge in [-0.15, -0.1) is 11.3 Å². The standard InChI is InChI=1S/C9H14N2S/c1-2-9-11-8(5-12-9)7-3-6(7)4-10/h5-7H,2-4,10H2,1H3. The molecule has 2 rings (SSSR count). The molecule has 1 fully saturated rings. The minimum Gasteiger partial charge on any atom is -0.330 e. The van der Waals surface area contributed by atoms with Crippen LogP contribution in [0.5, 0.6) is 0 Å². The van der Waals surface area contributed by atoms with Crippen LogP contribution in [0.4, 0.5) is 0 Å². The average molecular weight is 182 g/mol. The predicted molar refractivity (Wildman–Crippen MR) is 51.4 cm³/mol. The minimum absolute atomic E-state index is 0.687. The van der Waals surface area contributed by atoms with Gasteiger partial charge in [-0.3, -0.25) is 0 Å². The summed E-state index contributed by atoms with van der Waals surface area (Å²) in [6, 6.07) is 0. The third-order valence-corrected chi connectivity index (χ3v) is 3.49. The first kappa shape index (κ1) is 8.20. The van der Waals surface area contributed by atoms with Crippen LogP contribution in [-0.2, 0) is 6.42 Å². The number of nitrogens with two attached hydrogens (primary N) is 1. The Kier molecular flexibility index (Phi) is 2.15. The molecule has 3 heteroatoms. The van der Waals surface area contributed by atoms with Crippen LogP contribution in [-0.4, -0.2) is 11.5 Å². The molecule has 1 aliphatic carbocycles. The van der Waals surface area contributed by atoms with E-state index in [0.29, 0.717) is 5.92 Å². The maximum atomic E-state index is 5.58. The molecule has 0 spiro atoms. The Morgan fingerprint density at radius 1 is 1.75 bits per heavy atom. The highest BCUT2D eigenvalue weighted by Gasteiger charge is 2.38. The lowest BCUT2D eigenvalue weighted by Crippen LogP contribution is -2.02. The summed E-state index contributed by atoms with van der Waals surface area (Å²) in [5, 5.41) is 3.45. The summed E-state index contributed by atoms with van der Waals surface area (Å²) in [6.45, 7) is 2.97. The Balaban J connectivity index is 2.05. The lowest BCUT2D eigenvalue weighted by molar-refractivity contribution is 0.798. The molecule has 2 atom stereocenters. The van der Waals surface area contributed by atoms with Gasteiger partial charge in [-0.1, -0.05) is 6.92 Å². The van der Waals surface area contributed by atoms with Crippen molar-refractivity contribution >= 4 is 11.3 Å². The van der Waals surface area contributed by atoms with Crippen LogP contribution in [0.2, 0.25) is 0 Å². The third kappa shape index (κ3) is 1.39. The second-order valence-corrected chi connectivity index (χ2v) is 4.30. The van der Waals surface area contributed by atoms with Crippen LogP contribution in [0.1, 0.15) is 30.0 Å². The summed E-state index contributed by atoms with van der Waals surface area (Å²) < 4.78 is 0. The van der Waals surface area contributed by atoms with Crippen LogP contribution in [0.3, 0.4) is 0 Å². The molecule has 1 saturated carbocycles. The van der Waals surface area contributed by atoms with Crippen LogP contribution >= 0.6 is 11.3 Å². The molecule has 66 valence electrons. The fraction of sp³-hybridized carbons (Fsp3) is 0.667. The van der Waals surface area contributed by atoms with Gasteiger partial charge in [-0.25, -0.2) is 4.98 Å². The van der Waals surface area contributed by atoms with E-state index >= 15 is 0 Å². The Hall–Kier alpha value is -0.410. The van der Waals surface area contributed by atoms with E-state index in [4.69, 9.17) is 5.73 Å². The van der Waals surface area contributed by atoms with Crippen molar-refractivity contribution in [3.8, 4) is 0 Å². The van der Waals surface area contributed by atoms with E-state index in [9.17, 15) is 0 Å². The lowest BCUT2D eigenvalue weighted by atomic mass is 10.2. The van der Waals surface area contributed by atoms with Crippen molar-refractivity contribution in [3.05, 3.63) is 16.1 Å². The first-order chi connectivity index (χ1) is 5.85. The largest absolute Gasteiger partial charge is 0.330 e. The molecular weight excluding hydrogens is 168 g/mol. The van der Waals surface area contributed by atoms with Crippen molar-refractivity contribution in [2.45, 2.75) is 25.7 Å². The number of aryl methyl sites for hydroxylation is 1. The number of nitrogens with zero attached hydrogens (tertiary/aromatic N) is 1. The minimum atomic E-state index is 0.687. The maximum absolute atomic E-state index is 5.58. The molecule has 0 amide bonds. The van der Waals surface area contributed by atoms with Gasteiger partial charge in [0.2, 0.25) is 0 Å². The molecule has 12 heavy (non-hydrogen) atoms. The zero-order valence-electron chi connectivity index (χ0n) is 7.29. The first-order valence-corrected chi connectivity index (χ1v) is 5.37. The zero-order valence-corrected chi connectivity index (χ0v) is 8.10. The SMILES string of the molecule is CCc1nc(C2CC2CN)cs1. The van der Waals surface area contributed by atoms with Gasteiger partial charge >= 0.3 is 0 Å².